The average Bonchev–Trinajstić information content (AvgIpc) is 2.79. The van der Waals surface area contributed by atoms with E-state index in [-0.39, 0.29) is 23.8 Å². The van der Waals surface area contributed by atoms with Gasteiger partial charge in [-0.1, -0.05) is 6.07 Å². The second kappa shape index (κ2) is 5.09. The van der Waals surface area contributed by atoms with Crippen LogP contribution in [0.1, 0.15) is 36.1 Å². The molecule has 0 fully saturated rings. The van der Waals surface area contributed by atoms with Gasteiger partial charge in [-0.25, -0.2) is 9.78 Å². The van der Waals surface area contributed by atoms with Crippen molar-refractivity contribution in [3.05, 3.63) is 52.5 Å². The number of rotatable bonds is 4. The second-order valence-corrected chi connectivity index (χ2v) is 4.53. The van der Waals surface area contributed by atoms with Crippen LogP contribution in [-0.2, 0) is 6.54 Å². The average molecular weight is 261 g/mol. The Morgan fingerprint density at radius 3 is 2.79 bits per heavy atom. The zero-order valence-electron chi connectivity index (χ0n) is 10.8. The van der Waals surface area contributed by atoms with E-state index in [1.807, 2.05) is 18.4 Å². The van der Waals surface area contributed by atoms with Crippen molar-refractivity contribution < 1.29 is 9.90 Å². The van der Waals surface area contributed by atoms with E-state index in [4.69, 9.17) is 5.11 Å². The van der Waals surface area contributed by atoms with E-state index < -0.39 is 5.97 Å². The van der Waals surface area contributed by atoms with Crippen molar-refractivity contribution in [3.63, 3.8) is 0 Å². The number of imidazole rings is 1. The highest BCUT2D eigenvalue weighted by Gasteiger charge is 2.13. The van der Waals surface area contributed by atoms with Crippen LogP contribution >= 0.6 is 0 Å². The molecule has 1 N–H and O–H groups in total. The first-order chi connectivity index (χ1) is 9.00. The summed E-state index contributed by atoms with van der Waals surface area (Å²) in [6.45, 7) is 4.19. The molecule has 0 amide bonds. The molecule has 0 saturated carbocycles. The predicted octanol–water partition coefficient (Wildman–Crippen LogP) is 1.37. The quantitative estimate of drug-likeness (QED) is 0.901. The number of hydrogen-bond acceptors (Lipinski definition) is 3. The number of aromatic carboxylic acids is 1. The molecule has 6 nitrogen and oxygen atoms in total. The van der Waals surface area contributed by atoms with Crippen molar-refractivity contribution in [2.24, 2.45) is 0 Å². The number of hydrogen-bond donors (Lipinski definition) is 1. The lowest BCUT2D eigenvalue weighted by molar-refractivity contribution is 0.0684. The third kappa shape index (κ3) is 2.57. The number of carbonyl (C=O) groups is 1. The fraction of sp³-hybridized carbons (Fsp3) is 0.308. The van der Waals surface area contributed by atoms with Crippen molar-refractivity contribution >= 4 is 5.97 Å². The molecule has 0 radical (unpaired) electrons. The molecule has 0 aliphatic heterocycles. The van der Waals surface area contributed by atoms with Crippen LogP contribution in [-0.4, -0.2) is 25.2 Å². The Morgan fingerprint density at radius 1 is 1.42 bits per heavy atom. The van der Waals surface area contributed by atoms with Gasteiger partial charge < -0.3 is 9.67 Å². The van der Waals surface area contributed by atoms with E-state index in [2.05, 4.69) is 4.98 Å². The molecule has 0 atom stereocenters. The van der Waals surface area contributed by atoms with E-state index in [0.29, 0.717) is 0 Å². The molecule has 2 heterocycles. The van der Waals surface area contributed by atoms with Crippen molar-refractivity contribution in [2.45, 2.75) is 26.4 Å². The highest BCUT2D eigenvalue weighted by molar-refractivity contribution is 5.85. The summed E-state index contributed by atoms with van der Waals surface area (Å²) in [6.07, 6.45) is 3.32. The number of carboxylic acid groups (broad SMARTS) is 1. The Morgan fingerprint density at radius 2 is 2.16 bits per heavy atom. The van der Waals surface area contributed by atoms with Crippen LogP contribution in [0.15, 0.2) is 35.5 Å². The van der Waals surface area contributed by atoms with E-state index in [1.165, 1.54) is 22.8 Å². The maximum Gasteiger partial charge on any atom is 0.352 e. The van der Waals surface area contributed by atoms with Crippen LogP contribution in [0.5, 0.6) is 0 Å². The third-order valence-electron chi connectivity index (χ3n) is 2.89. The summed E-state index contributed by atoms with van der Waals surface area (Å²) in [5.74, 6) is -1.12. The number of aromatic nitrogens is 3. The highest BCUT2D eigenvalue weighted by Crippen LogP contribution is 2.10. The first kappa shape index (κ1) is 13.1. The molecule has 0 aliphatic carbocycles. The first-order valence-corrected chi connectivity index (χ1v) is 5.94. The molecule has 2 rings (SSSR count). The van der Waals surface area contributed by atoms with Gasteiger partial charge in [-0.2, -0.15) is 0 Å². The predicted molar refractivity (Wildman–Crippen MR) is 69.4 cm³/mol. The molecule has 2 aromatic rings. The van der Waals surface area contributed by atoms with Gasteiger partial charge in [-0.3, -0.25) is 9.36 Å². The molecule has 0 bridgehead atoms. The minimum atomic E-state index is -1.12. The lowest BCUT2D eigenvalue weighted by Gasteiger charge is -2.14. The third-order valence-corrected chi connectivity index (χ3v) is 2.89. The van der Waals surface area contributed by atoms with Crippen molar-refractivity contribution in [2.75, 3.05) is 0 Å². The summed E-state index contributed by atoms with van der Waals surface area (Å²) in [7, 11) is 0. The fourth-order valence-electron chi connectivity index (χ4n) is 1.95. The Balaban J connectivity index is 2.46. The molecule has 0 aromatic carbocycles. The zero-order chi connectivity index (χ0) is 14.0. The molecule has 2 aromatic heterocycles. The second-order valence-electron chi connectivity index (χ2n) is 4.53. The monoisotopic (exact) mass is 261 g/mol. The summed E-state index contributed by atoms with van der Waals surface area (Å²) in [6, 6.07) is 4.41. The first-order valence-electron chi connectivity index (χ1n) is 5.94. The molecule has 100 valence electrons. The van der Waals surface area contributed by atoms with Gasteiger partial charge in [0.2, 0.25) is 0 Å². The van der Waals surface area contributed by atoms with Crippen LogP contribution in [0.2, 0.25) is 0 Å². The zero-order valence-corrected chi connectivity index (χ0v) is 10.8. The summed E-state index contributed by atoms with van der Waals surface area (Å²) in [4.78, 5) is 27.0. The van der Waals surface area contributed by atoms with Crippen LogP contribution in [0.3, 0.4) is 0 Å². The summed E-state index contributed by atoms with van der Waals surface area (Å²) in [5.41, 5.74) is 0.436. The van der Waals surface area contributed by atoms with E-state index >= 15 is 0 Å². The van der Waals surface area contributed by atoms with Gasteiger partial charge in [0.05, 0.1) is 18.6 Å². The highest BCUT2D eigenvalue weighted by atomic mass is 16.4. The summed E-state index contributed by atoms with van der Waals surface area (Å²) in [5, 5.41) is 9.12. The minimum absolute atomic E-state index is 0.0241. The van der Waals surface area contributed by atoms with Gasteiger partial charge in [0, 0.05) is 18.3 Å². The standard InChI is InChI=1S/C13H15N3O3/c1-9(2)16-8-14-6-10(16)7-15-11(13(18)19)4-3-5-12(15)17/h3-6,8-9H,7H2,1-2H3,(H,18,19). The molecule has 0 aliphatic rings. The van der Waals surface area contributed by atoms with E-state index in [0.717, 1.165) is 5.69 Å². The molecular weight excluding hydrogens is 246 g/mol. The Kier molecular flexibility index (Phi) is 3.50. The van der Waals surface area contributed by atoms with E-state index in [9.17, 15) is 9.59 Å². The Bertz CT molecular complexity index is 655. The molecule has 0 spiro atoms. The number of nitrogens with zero attached hydrogens (tertiary/aromatic N) is 3. The van der Waals surface area contributed by atoms with Crippen molar-refractivity contribution in [3.8, 4) is 0 Å². The van der Waals surface area contributed by atoms with Gasteiger partial charge >= 0.3 is 5.97 Å². The maximum absolute atomic E-state index is 11.8. The van der Waals surface area contributed by atoms with Gasteiger partial charge in [0.1, 0.15) is 5.69 Å². The van der Waals surface area contributed by atoms with Gasteiger partial charge in [-0.15, -0.1) is 0 Å². The SMILES string of the molecule is CC(C)n1cncc1Cn1c(C(=O)O)cccc1=O. The summed E-state index contributed by atoms with van der Waals surface area (Å²) < 4.78 is 3.14. The largest absolute Gasteiger partial charge is 0.477 e. The lowest BCUT2D eigenvalue weighted by atomic mass is 10.3. The lowest BCUT2D eigenvalue weighted by Crippen LogP contribution is -2.26. The van der Waals surface area contributed by atoms with Crippen LogP contribution in [0.25, 0.3) is 0 Å². The molecule has 6 heteroatoms. The van der Waals surface area contributed by atoms with Crippen molar-refractivity contribution in [1.29, 1.82) is 0 Å². The van der Waals surface area contributed by atoms with Crippen LogP contribution < -0.4 is 5.56 Å². The topological polar surface area (TPSA) is 77.1 Å². The minimum Gasteiger partial charge on any atom is -0.477 e. The van der Waals surface area contributed by atoms with Crippen LogP contribution in [0.4, 0.5) is 0 Å². The van der Waals surface area contributed by atoms with E-state index in [1.54, 1.807) is 12.5 Å². The Labute approximate surface area is 109 Å². The molecule has 0 unspecified atom stereocenters. The Hall–Kier alpha value is -2.37. The normalized spacial score (nSPS) is 10.9. The number of pyridine rings is 1. The molecule has 19 heavy (non-hydrogen) atoms. The number of carboxylic acids is 1. The maximum atomic E-state index is 11.8. The fourth-order valence-corrected chi connectivity index (χ4v) is 1.95. The smallest absolute Gasteiger partial charge is 0.352 e. The van der Waals surface area contributed by atoms with Gasteiger partial charge in [0.15, 0.2) is 0 Å². The summed E-state index contributed by atoms with van der Waals surface area (Å²) >= 11 is 0. The van der Waals surface area contributed by atoms with Gasteiger partial charge in [-0.05, 0) is 19.9 Å². The van der Waals surface area contributed by atoms with Crippen molar-refractivity contribution in [1.82, 2.24) is 14.1 Å². The molecular formula is C13H15N3O3. The molecule has 0 saturated heterocycles. The van der Waals surface area contributed by atoms with Crippen LogP contribution in [0, 0.1) is 0 Å². The van der Waals surface area contributed by atoms with Gasteiger partial charge in [0.25, 0.3) is 5.56 Å².